The van der Waals surface area contributed by atoms with Crippen LogP contribution in [0.3, 0.4) is 0 Å². The molecule has 3 aromatic carbocycles. The lowest BCUT2D eigenvalue weighted by molar-refractivity contribution is -0.146. The van der Waals surface area contributed by atoms with Gasteiger partial charge in [0.05, 0.1) is 0 Å². The minimum absolute atomic E-state index is 0.260. The molecule has 31 heavy (non-hydrogen) atoms. The SMILES string of the molecule is O=C(O)C(=O)C=C(O)c1cccc(N(Cc2ccc(F)cc2)Cc2ccc(F)cc2)c1. The lowest BCUT2D eigenvalue weighted by Gasteiger charge is -2.26. The van der Waals surface area contributed by atoms with Crippen LogP contribution in [0, 0.1) is 11.6 Å². The van der Waals surface area contributed by atoms with Crippen LogP contribution >= 0.6 is 0 Å². The number of carbonyl (C=O) groups excluding carboxylic acids is 1. The number of hydrogen-bond donors (Lipinski definition) is 2. The van der Waals surface area contributed by atoms with Crippen LogP contribution in [0.25, 0.3) is 5.76 Å². The Kier molecular flexibility index (Phi) is 6.77. The Morgan fingerprint density at radius 1 is 0.806 bits per heavy atom. The van der Waals surface area contributed by atoms with Gasteiger partial charge in [-0.25, -0.2) is 13.6 Å². The number of aliphatic hydroxyl groups is 1. The molecule has 0 spiro atoms. The van der Waals surface area contributed by atoms with E-state index in [2.05, 4.69) is 0 Å². The van der Waals surface area contributed by atoms with Gasteiger partial charge in [-0.1, -0.05) is 36.4 Å². The highest BCUT2D eigenvalue weighted by molar-refractivity contribution is 6.38. The zero-order valence-electron chi connectivity index (χ0n) is 16.3. The molecular formula is C24H19F2NO4. The van der Waals surface area contributed by atoms with Gasteiger partial charge in [-0.05, 0) is 47.5 Å². The Balaban J connectivity index is 1.94. The van der Waals surface area contributed by atoms with E-state index in [-0.39, 0.29) is 17.2 Å². The van der Waals surface area contributed by atoms with Crippen molar-refractivity contribution in [2.24, 2.45) is 0 Å². The minimum atomic E-state index is -1.67. The number of halogens is 2. The summed E-state index contributed by atoms with van der Waals surface area (Å²) in [7, 11) is 0. The van der Waals surface area contributed by atoms with E-state index < -0.39 is 17.5 Å². The summed E-state index contributed by atoms with van der Waals surface area (Å²) in [4.78, 5) is 24.0. The second-order valence-electron chi connectivity index (χ2n) is 6.86. The van der Waals surface area contributed by atoms with E-state index in [1.165, 1.54) is 24.3 Å². The fourth-order valence-electron chi connectivity index (χ4n) is 2.99. The molecule has 5 nitrogen and oxygen atoms in total. The first kappa shape index (κ1) is 21.7. The molecular weight excluding hydrogens is 404 g/mol. The van der Waals surface area contributed by atoms with Crippen molar-refractivity contribution in [3.05, 3.63) is 107 Å². The highest BCUT2D eigenvalue weighted by atomic mass is 19.1. The summed E-state index contributed by atoms with van der Waals surface area (Å²) in [5, 5.41) is 18.9. The van der Waals surface area contributed by atoms with Gasteiger partial charge in [0.25, 0.3) is 5.78 Å². The summed E-state index contributed by atoms with van der Waals surface area (Å²) in [6.07, 6.45) is 0.645. The molecule has 0 aliphatic rings. The molecule has 0 saturated carbocycles. The number of anilines is 1. The van der Waals surface area contributed by atoms with Crippen LogP contribution in [0.15, 0.2) is 78.9 Å². The summed E-state index contributed by atoms with van der Waals surface area (Å²) in [6.45, 7) is 0.777. The van der Waals surface area contributed by atoms with E-state index in [4.69, 9.17) is 5.11 Å². The number of carbonyl (C=O) groups is 2. The van der Waals surface area contributed by atoms with Gasteiger partial charge in [0, 0.05) is 30.4 Å². The lowest BCUT2D eigenvalue weighted by Crippen LogP contribution is -2.22. The number of carboxylic acid groups (broad SMARTS) is 1. The third-order valence-electron chi connectivity index (χ3n) is 4.56. The van der Waals surface area contributed by atoms with E-state index in [1.807, 2.05) is 4.90 Å². The number of rotatable bonds is 8. The predicted octanol–water partition coefficient (Wildman–Crippen LogP) is 4.72. The maximum absolute atomic E-state index is 13.3. The van der Waals surface area contributed by atoms with Crippen molar-refractivity contribution in [1.82, 2.24) is 0 Å². The summed E-state index contributed by atoms with van der Waals surface area (Å²) in [6, 6.07) is 18.6. The molecule has 3 aromatic rings. The Morgan fingerprint density at radius 2 is 1.32 bits per heavy atom. The Morgan fingerprint density at radius 3 is 1.81 bits per heavy atom. The van der Waals surface area contributed by atoms with Gasteiger partial charge in [-0.3, -0.25) is 4.79 Å². The van der Waals surface area contributed by atoms with E-state index in [9.17, 15) is 23.5 Å². The Bertz CT molecular complexity index is 1060. The molecule has 0 aliphatic carbocycles. The van der Waals surface area contributed by atoms with Crippen molar-refractivity contribution in [3.63, 3.8) is 0 Å². The van der Waals surface area contributed by atoms with E-state index in [0.717, 1.165) is 11.1 Å². The highest BCUT2D eigenvalue weighted by Gasteiger charge is 2.14. The Labute approximate surface area is 177 Å². The van der Waals surface area contributed by atoms with Crippen LogP contribution in [-0.4, -0.2) is 22.0 Å². The van der Waals surface area contributed by atoms with Gasteiger partial charge in [-0.15, -0.1) is 0 Å². The number of carboxylic acids is 1. The largest absolute Gasteiger partial charge is 0.507 e. The lowest BCUT2D eigenvalue weighted by atomic mass is 10.1. The van der Waals surface area contributed by atoms with Gasteiger partial charge in [-0.2, -0.15) is 0 Å². The standard InChI is InChI=1S/C24H19F2NO4/c25-19-8-4-16(5-9-19)14-27(15-17-6-10-20(26)11-7-17)21-3-1-2-18(12-21)22(28)13-23(29)24(30)31/h1-13,28H,14-15H2,(H,30,31). The molecule has 158 valence electrons. The summed E-state index contributed by atoms with van der Waals surface area (Å²) < 4.78 is 26.6. The number of aliphatic hydroxyl groups excluding tert-OH is 1. The molecule has 0 aliphatic heterocycles. The molecule has 0 fully saturated rings. The average Bonchev–Trinajstić information content (AvgIpc) is 2.76. The smallest absolute Gasteiger partial charge is 0.376 e. The second-order valence-corrected chi connectivity index (χ2v) is 6.86. The molecule has 0 amide bonds. The van der Waals surface area contributed by atoms with E-state index in [1.54, 1.807) is 48.5 Å². The van der Waals surface area contributed by atoms with Gasteiger partial charge in [0.1, 0.15) is 17.4 Å². The summed E-state index contributed by atoms with van der Waals surface area (Å²) >= 11 is 0. The van der Waals surface area contributed by atoms with Crippen LogP contribution in [-0.2, 0) is 22.7 Å². The topological polar surface area (TPSA) is 77.8 Å². The van der Waals surface area contributed by atoms with Crippen LogP contribution in [0.1, 0.15) is 16.7 Å². The zero-order chi connectivity index (χ0) is 22.4. The molecule has 0 heterocycles. The average molecular weight is 423 g/mol. The van der Waals surface area contributed by atoms with Gasteiger partial charge in [0.15, 0.2) is 0 Å². The fraction of sp³-hybridized carbons (Fsp3) is 0.0833. The molecule has 0 radical (unpaired) electrons. The maximum atomic E-state index is 13.3. The van der Waals surface area contributed by atoms with Crippen LogP contribution in [0.5, 0.6) is 0 Å². The predicted molar refractivity (Wildman–Crippen MR) is 112 cm³/mol. The van der Waals surface area contributed by atoms with Crippen molar-refractivity contribution in [2.45, 2.75) is 13.1 Å². The second kappa shape index (κ2) is 9.67. The highest BCUT2D eigenvalue weighted by Crippen LogP contribution is 2.24. The summed E-state index contributed by atoms with van der Waals surface area (Å²) in [5.74, 6) is -4.09. The molecule has 0 saturated heterocycles. The van der Waals surface area contributed by atoms with Crippen LogP contribution in [0.4, 0.5) is 14.5 Å². The van der Waals surface area contributed by atoms with E-state index >= 15 is 0 Å². The van der Waals surface area contributed by atoms with Crippen molar-refractivity contribution in [1.29, 1.82) is 0 Å². The van der Waals surface area contributed by atoms with Gasteiger partial charge < -0.3 is 15.1 Å². The van der Waals surface area contributed by atoms with Crippen molar-refractivity contribution in [2.75, 3.05) is 4.90 Å². The minimum Gasteiger partial charge on any atom is -0.507 e. The number of hydrogen-bond acceptors (Lipinski definition) is 4. The number of ketones is 1. The molecule has 7 heteroatoms. The molecule has 2 N–H and O–H groups in total. The first-order valence-corrected chi connectivity index (χ1v) is 9.34. The number of nitrogens with zero attached hydrogens (tertiary/aromatic N) is 1. The first-order valence-electron chi connectivity index (χ1n) is 9.34. The molecule has 0 unspecified atom stereocenters. The Hall–Kier alpha value is -4.00. The maximum Gasteiger partial charge on any atom is 0.376 e. The third-order valence-corrected chi connectivity index (χ3v) is 4.56. The third kappa shape index (κ3) is 5.99. The zero-order valence-corrected chi connectivity index (χ0v) is 16.3. The number of aliphatic carboxylic acids is 1. The number of benzene rings is 3. The van der Waals surface area contributed by atoms with Crippen molar-refractivity contribution >= 4 is 23.2 Å². The summed E-state index contributed by atoms with van der Waals surface area (Å²) in [5.41, 5.74) is 2.58. The van der Waals surface area contributed by atoms with Gasteiger partial charge in [0.2, 0.25) is 0 Å². The van der Waals surface area contributed by atoms with Gasteiger partial charge >= 0.3 is 5.97 Å². The molecule has 0 bridgehead atoms. The van der Waals surface area contributed by atoms with Crippen LogP contribution in [0.2, 0.25) is 0 Å². The van der Waals surface area contributed by atoms with Crippen LogP contribution < -0.4 is 4.90 Å². The van der Waals surface area contributed by atoms with Crippen molar-refractivity contribution < 1.29 is 28.6 Å². The first-order chi connectivity index (χ1) is 14.8. The normalized spacial score (nSPS) is 11.2. The molecule has 0 aromatic heterocycles. The quantitative estimate of drug-likeness (QED) is 0.311. The monoisotopic (exact) mass is 423 g/mol. The molecule has 3 rings (SSSR count). The fourth-order valence-corrected chi connectivity index (χ4v) is 2.99. The molecule has 0 atom stereocenters. The van der Waals surface area contributed by atoms with Crippen molar-refractivity contribution in [3.8, 4) is 0 Å². The van der Waals surface area contributed by atoms with E-state index in [0.29, 0.717) is 24.9 Å².